The van der Waals surface area contributed by atoms with E-state index in [4.69, 9.17) is 5.11 Å². The van der Waals surface area contributed by atoms with Gasteiger partial charge in [0.25, 0.3) is 0 Å². The molecule has 14 heavy (non-hydrogen) atoms. The van der Waals surface area contributed by atoms with Gasteiger partial charge in [-0.15, -0.1) is 0 Å². The maximum atomic E-state index is 10.7. The predicted molar refractivity (Wildman–Crippen MR) is 54.8 cm³/mol. The van der Waals surface area contributed by atoms with Crippen LogP contribution < -0.4 is 5.32 Å². The first-order valence-electron chi connectivity index (χ1n) is 4.77. The van der Waals surface area contributed by atoms with Crippen LogP contribution in [0.4, 0.5) is 5.69 Å². The van der Waals surface area contributed by atoms with E-state index >= 15 is 0 Å². The van der Waals surface area contributed by atoms with E-state index in [9.17, 15) is 4.79 Å². The summed E-state index contributed by atoms with van der Waals surface area (Å²) in [6.07, 6.45) is 0.962. The third kappa shape index (κ3) is 1.58. The summed E-state index contributed by atoms with van der Waals surface area (Å²) in [4.78, 5) is 10.7. The average molecular weight is 191 g/mol. The summed E-state index contributed by atoms with van der Waals surface area (Å²) in [5.74, 6) is -0.280. The number of hydrogen-bond acceptors (Lipinski definition) is 2. The second-order valence-corrected chi connectivity index (χ2v) is 3.87. The zero-order valence-electron chi connectivity index (χ0n) is 8.08. The second kappa shape index (κ2) is 3.33. The Bertz CT molecular complexity index is 374. The van der Waals surface area contributed by atoms with Gasteiger partial charge in [-0.25, -0.2) is 4.79 Å². The van der Waals surface area contributed by atoms with Crippen molar-refractivity contribution in [2.24, 2.45) is 5.92 Å². The minimum atomic E-state index is -0.856. The topological polar surface area (TPSA) is 49.3 Å². The molecule has 1 atom stereocenters. The van der Waals surface area contributed by atoms with Crippen LogP contribution in [-0.4, -0.2) is 17.6 Å². The van der Waals surface area contributed by atoms with E-state index in [1.807, 2.05) is 6.07 Å². The Morgan fingerprint density at radius 2 is 2.36 bits per heavy atom. The number of anilines is 1. The monoisotopic (exact) mass is 191 g/mol. The van der Waals surface area contributed by atoms with Crippen molar-refractivity contribution in [2.75, 3.05) is 11.9 Å². The van der Waals surface area contributed by atoms with Crippen LogP contribution in [-0.2, 0) is 6.42 Å². The van der Waals surface area contributed by atoms with Gasteiger partial charge >= 0.3 is 5.97 Å². The van der Waals surface area contributed by atoms with E-state index in [1.165, 1.54) is 0 Å². The molecule has 0 saturated carbocycles. The van der Waals surface area contributed by atoms with Crippen LogP contribution >= 0.6 is 0 Å². The molecular formula is C11H13NO2. The summed E-state index contributed by atoms with van der Waals surface area (Å²) >= 11 is 0. The molecule has 74 valence electrons. The lowest BCUT2D eigenvalue weighted by atomic mass is 9.94. The highest BCUT2D eigenvalue weighted by atomic mass is 16.4. The Hall–Kier alpha value is -1.51. The molecule has 0 saturated heterocycles. The van der Waals surface area contributed by atoms with Gasteiger partial charge in [-0.3, -0.25) is 0 Å². The quantitative estimate of drug-likeness (QED) is 0.713. The number of aromatic carboxylic acids is 1. The Balaban J connectivity index is 2.37. The molecule has 1 unspecified atom stereocenters. The number of nitrogens with one attached hydrogen (secondary N) is 1. The number of rotatable bonds is 1. The van der Waals surface area contributed by atoms with E-state index in [-0.39, 0.29) is 0 Å². The zero-order valence-corrected chi connectivity index (χ0v) is 8.08. The van der Waals surface area contributed by atoms with Crippen molar-refractivity contribution in [3.63, 3.8) is 0 Å². The van der Waals surface area contributed by atoms with Crippen LogP contribution in [0.3, 0.4) is 0 Å². The molecule has 3 nitrogen and oxygen atoms in total. The molecule has 0 aromatic heterocycles. The highest BCUT2D eigenvalue weighted by Gasteiger charge is 2.15. The molecule has 0 spiro atoms. The van der Waals surface area contributed by atoms with Crippen molar-refractivity contribution in [1.29, 1.82) is 0 Å². The smallest absolute Gasteiger partial charge is 0.335 e. The molecule has 3 heteroatoms. The van der Waals surface area contributed by atoms with Crippen LogP contribution in [0.25, 0.3) is 0 Å². The molecule has 0 aliphatic carbocycles. The molecule has 2 N–H and O–H groups in total. The van der Waals surface area contributed by atoms with Gasteiger partial charge in [-0.1, -0.05) is 6.92 Å². The van der Waals surface area contributed by atoms with Crippen molar-refractivity contribution in [3.8, 4) is 0 Å². The van der Waals surface area contributed by atoms with Crippen LogP contribution in [0, 0.1) is 5.92 Å². The maximum absolute atomic E-state index is 10.7. The lowest BCUT2D eigenvalue weighted by Gasteiger charge is -2.23. The molecule has 0 bridgehead atoms. The number of carboxylic acid groups (broad SMARTS) is 1. The minimum Gasteiger partial charge on any atom is -0.478 e. The number of carbonyl (C=O) groups is 1. The van der Waals surface area contributed by atoms with E-state index in [0.29, 0.717) is 11.5 Å². The van der Waals surface area contributed by atoms with Crippen LogP contribution in [0.5, 0.6) is 0 Å². The molecule has 1 aliphatic heterocycles. The summed E-state index contributed by atoms with van der Waals surface area (Å²) in [5.41, 5.74) is 2.57. The number of benzene rings is 1. The van der Waals surface area contributed by atoms with Gasteiger partial charge < -0.3 is 10.4 Å². The number of hydrogen-bond donors (Lipinski definition) is 2. The summed E-state index contributed by atoms with van der Waals surface area (Å²) < 4.78 is 0. The lowest BCUT2D eigenvalue weighted by molar-refractivity contribution is 0.0697. The third-order valence-electron chi connectivity index (χ3n) is 2.56. The van der Waals surface area contributed by atoms with Crippen molar-refractivity contribution >= 4 is 11.7 Å². The largest absolute Gasteiger partial charge is 0.478 e. The lowest BCUT2D eigenvalue weighted by Crippen LogP contribution is -2.20. The molecule has 1 aliphatic rings. The highest BCUT2D eigenvalue weighted by molar-refractivity contribution is 5.88. The SMILES string of the molecule is CC1CNc2ccc(C(=O)O)cc2C1. The van der Waals surface area contributed by atoms with E-state index in [1.54, 1.807) is 12.1 Å². The Morgan fingerprint density at radius 1 is 1.57 bits per heavy atom. The van der Waals surface area contributed by atoms with Crippen molar-refractivity contribution in [2.45, 2.75) is 13.3 Å². The van der Waals surface area contributed by atoms with Gasteiger partial charge in [-0.05, 0) is 36.1 Å². The van der Waals surface area contributed by atoms with E-state index < -0.39 is 5.97 Å². The fraction of sp³-hybridized carbons (Fsp3) is 0.364. The van der Waals surface area contributed by atoms with Gasteiger partial charge in [-0.2, -0.15) is 0 Å². The summed E-state index contributed by atoms with van der Waals surface area (Å²) in [6.45, 7) is 3.13. The highest BCUT2D eigenvalue weighted by Crippen LogP contribution is 2.25. The first kappa shape index (κ1) is 9.06. The van der Waals surface area contributed by atoms with Gasteiger partial charge in [0, 0.05) is 12.2 Å². The average Bonchev–Trinajstić information content (AvgIpc) is 2.16. The van der Waals surface area contributed by atoms with Crippen LogP contribution in [0.1, 0.15) is 22.8 Å². The van der Waals surface area contributed by atoms with Crippen LogP contribution in [0.15, 0.2) is 18.2 Å². The molecule has 0 amide bonds. The Labute approximate surface area is 82.8 Å². The second-order valence-electron chi connectivity index (χ2n) is 3.87. The molecule has 1 aromatic carbocycles. The maximum Gasteiger partial charge on any atom is 0.335 e. The first-order chi connectivity index (χ1) is 6.66. The zero-order chi connectivity index (χ0) is 10.1. The molecule has 1 aromatic rings. The van der Waals surface area contributed by atoms with Crippen molar-refractivity contribution in [1.82, 2.24) is 0 Å². The number of fused-ring (bicyclic) bond motifs is 1. The van der Waals surface area contributed by atoms with Crippen molar-refractivity contribution < 1.29 is 9.90 Å². The summed E-state index contributed by atoms with van der Waals surface area (Å²) in [6, 6.07) is 5.26. The molecule has 2 rings (SSSR count). The Morgan fingerprint density at radius 3 is 3.07 bits per heavy atom. The molecule has 0 radical (unpaired) electrons. The normalized spacial score (nSPS) is 19.6. The summed E-state index contributed by atoms with van der Waals surface area (Å²) in [7, 11) is 0. The van der Waals surface area contributed by atoms with E-state index in [2.05, 4.69) is 12.2 Å². The van der Waals surface area contributed by atoms with Gasteiger partial charge in [0.05, 0.1) is 5.56 Å². The standard InChI is InChI=1S/C11H13NO2/c1-7-4-9-5-8(11(13)14)2-3-10(9)12-6-7/h2-3,5,7,12H,4,6H2,1H3,(H,13,14). The molecule has 0 fully saturated rings. The molecule has 1 heterocycles. The van der Waals surface area contributed by atoms with Gasteiger partial charge in [0.2, 0.25) is 0 Å². The Kier molecular flexibility index (Phi) is 2.15. The van der Waals surface area contributed by atoms with Gasteiger partial charge in [0.1, 0.15) is 0 Å². The van der Waals surface area contributed by atoms with E-state index in [0.717, 1.165) is 24.2 Å². The van der Waals surface area contributed by atoms with Crippen molar-refractivity contribution in [3.05, 3.63) is 29.3 Å². The fourth-order valence-electron chi connectivity index (χ4n) is 1.80. The molecular weight excluding hydrogens is 178 g/mol. The third-order valence-corrected chi connectivity index (χ3v) is 2.56. The number of carboxylic acids is 1. The first-order valence-corrected chi connectivity index (χ1v) is 4.77. The predicted octanol–water partition coefficient (Wildman–Crippen LogP) is 1.99. The summed E-state index contributed by atoms with van der Waals surface area (Å²) in [5, 5.41) is 12.1. The fourth-order valence-corrected chi connectivity index (χ4v) is 1.80. The van der Waals surface area contributed by atoms with Crippen LogP contribution in [0.2, 0.25) is 0 Å². The van der Waals surface area contributed by atoms with Gasteiger partial charge in [0.15, 0.2) is 0 Å². The minimum absolute atomic E-state index is 0.375.